The van der Waals surface area contributed by atoms with E-state index in [0.717, 1.165) is 23.7 Å². The first-order valence-electron chi connectivity index (χ1n) is 4.96. The largest absolute Gasteiger partial charge is 0.396 e. The molecule has 0 amide bonds. The molecule has 2 nitrogen and oxygen atoms in total. The molecule has 76 valence electrons. The van der Waals surface area contributed by atoms with Crippen molar-refractivity contribution in [3.8, 4) is 0 Å². The number of benzene rings is 1. The van der Waals surface area contributed by atoms with E-state index in [9.17, 15) is 0 Å². The molecule has 14 heavy (non-hydrogen) atoms. The van der Waals surface area contributed by atoms with Crippen LogP contribution in [0.5, 0.6) is 0 Å². The SMILES string of the molecule is OCCC1CCc2cccc(Br)c2N1. The maximum atomic E-state index is 8.88. The number of aliphatic hydroxyl groups is 1. The molecule has 0 aromatic heterocycles. The Hall–Kier alpha value is -0.540. The second-order valence-corrected chi connectivity index (χ2v) is 4.52. The van der Waals surface area contributed by atoms with E-state index in [1.54, 1.807) is 0 Å². The zero-order valence-corrected chi connectivity index (χ0v) is 9.55. The first-order chi connectivity index (χ1) is 6.81. The van der Waals surface area contributed by atoms with Gasteiger partial charge in [-0.2, -0.15) is 0 Å². The number of anilines is 1. The molecular formula is C11H14BrNO. The number of aryl methyl sites for hydroxylation is 1. The summed E-state index contributed by atoms with van der Waals surface area (Å²) < 4.78 is 1.12. The summed E-state index contributed by atoms with van der Waals surface area (Å²) in [5.41, 5.74) is 2.57. The molecule has 1 unspecified atom stereocenters. The summed E-state index contributed by atoms with van der Waals surface area (Å²) >= 11 is 3.54. The van der Waals surface area contributed by atoms with Crippen LogP contribution in [0.1, 0.15) is 18.4 Å². The van der Waals surface area contributed by atoms with Crippen LogP contribution >= 0.6 is 15.9 Å². The van der Waals surface area contributed by atoms with Gasteiger partial charge in [-0.3, -0.25) is 0 Å². The number of nitrogens with one attached hydrogen (secondary N) is 1. The average molecular weight is 256 g/mol. The fraction of sp³-hybridized carbons (Fsp3) is 0.455. The molecule has 1 atom stereocenters. The molecule has 3 heteroatoms. The van der Waals surface area contributed by atoms with Crippen molar-refractivity contribution in [3.05, 3.63) is 28.2 Å². The summed E-state index contributed by atoms with van der Waals surface area (Å²) in [6.07, 6.45) is 3.05. The minimum absolute atomic E-state index is 0.261. The zero-order chi connectivity index (χ0) is 9.97. The molecule has 2 N–H and O–H groups in total. The van der Waals surface area contributed by atoms with Crippen LogP contribution in [0.15, 0.2) is 22.7 Å². The third-order valence-electron chi connectivity index (χ3n) is 2.69. The third-order valence-corrected chi connectivity index (χ3v) is 3.35. The molecule has 0 fully saturated rings. The Bertz CT molecular complexity index is 327. The van der Waals surface area contributed by atoms with Gasteiger partial charge in [-0.25, -0.2) is 0 Å². The van der Waals surface area contributed by atoms with E-state index in [1.807, 2.05) is 6.07 Å². The number of para-hydroxylation sites is 1. The summed E-state index contributed by atoms with van der Waals surface area (Å²) in [6.45, 7) is 0.261. The highest BCUT2D eigenvalue weighted by Gasteiger charge is 2.18. The average Bonchev–Trinajstić information content (AvgIpc) is 2.20. The highest BCUT2D eigenvalue weighted by atomic mass is 79.9. The molecular weight excluding hydrogens is 242 g/mol. The van der Waals surface area contributed by atoms with Crippen LogP contribution in [0.2, 0.25) is 0 Å². The van der Waals surface area contributed by atoms with Gasteiger partial charge in [0.15, 0.2) is 0 Å². The molecule has 1 aliphatic heterocycles. The minimum Gasteiger partial charge on any atom is -0.396 e. The number of rotatable bonds is 2. The van der Waals surface area contributed by atoms with Gasteiger partial charge in [-0.05, 0) is 46.8 Å². The van der Waals surface area contributed by atoms with Crippen LogP contribution in [-0.4, -0.2) is 17.8 Å². The van der Waals surface area contributed by atoms with Gasteiger partial charge < -0.3 is 10.4 Å². The van der Waals surface area contributed by atoms with E-state index in [-0.39, 0.29) is 6.61 Å². The second kappa shape index (κ2) is 4.32. The fourth-order valence-corrected chi connectivity index (χ4v) is 2.44. The Kier molecular flexibility index (Phi) is 3.08. The van der Waals surface area contributed by atoms with Gasteiger partial charge in [-0.15, -0.1) is 0 Å². The molecule has 0 aliphatic carbocycles. The molecule has 0 saturated heterocycles. The molecule has 1 heterocycles. The van der Waals surface area contributed by atoms with Gasteiger partial charge in [0.1, 0.15) is 0 Å². The number of aliphatic hydroxyl groups excluding tert-OH is 1. The van der Waals surface area contributed by atoms with Crippen LogP contribution < -0.4 is 5.32 Å². The van der Waals surface area contributed by atoms with Crippen molar-refractivity contribution >= 4 is 21.6 Å². The molecule has 2 rings (SSSR count). The van der Waals surface area contributed by atoms with E-state index in [4.69, 9.17) is 5.11 Å². The van der Waals surface area contributed by atoms with Crippen molar-refractivity contribution in [1.29, 1.82) is 0 Å². The highest BCUT2D eigenvalue weighted by Crippen LogP contribution is 2.32. The Morgan fingerprint density at radius 2 is 2.36 bits per heavy atom. The number of fused-ring (bicyclic) bond motifs is 1. The van der Waals surface area contributed by atoms with Crippen molar-refractivity contribution in [3.63, 3.8) is 0 Å². The van der Waals surface area contributed by atoms with E-state index < -0.39 is 0 Å². The second-order valence-electron chi connectivity index (χ2n) is 3.67. The lowest BCUT2D eigenvalue weighted by atomic mass is 9.96. The highest BCUT2D eigenvalue weighted by molar-refractivity contribution is 9.10. The van der Waals surface area contributed by atoms with E-state index >= 15 is 0 Å². The van der Waals surface area contributed by atoms with Gasteiger partial charge in [0, 0.05) is 17.1 Å². The van der Waals surface area contributed by atoms with Crippen LogP contribution in [-0.2, 0) is 6.42 Å². The zero-order valence-electron chi connectivity index (χ0n) is 7.96. The number of hydrogen-bond donors (Lipinski definition) is 2. The number of hydrogen-bond acceptors (Lipinski definition) is 2. The van der Waals surface area contributed by atoms with Crippen molar-refractivity contribution < 1.29 is 5.11 Å². The Labute approximate surface area is 92.5 Å². The van der Waals surface area contributed by atoms with Gasteiger partial charge in [0.2, 0.25) is 0 Å². The van der Waals surface area contributed by atoms with E-state index in [0.29, 0.717) is 6.04 Å². The molecule has 1 aromatic rings. The summed E-state index contributed by atoms with van der Waals surface area (Å²) in [6, 6.07) is 6.69. The monoisotopic (exact) mass is 255 g/mol. The molecule has 0 radical (unpaired) electrons. The van der Waals surface area contributed by atoms with Crippen LogP contribution in [0.25, 0.3) is 0 Å². The van der Waals surface area contributed by atoms with Crippen LogP contribution in [0, 0.1) is 0 Å². The van der Waals surface area contributed by atoms with Crippen LogP contribution in [0.3, 0.4) is 0 Å². The Morgan fingerprint density at radius 3 is 3.14 bits per heavy atom. The van der Waals surface area contributed by atoms with Crippen molar-refractivity contribution in [2.45, 2.75) is 25.3 Å². The maximum Gasteiger partial charge on any atom is 0.0519 e. The lowest BCUT2D eigenvalue weighted by Crippen LogP contribution is -2.26. The van der Waals surface area contributed by atoms with Gasteiger partial charge in [0.05, 0.1) is 5.69 Å². The van der Waals surface area contributed by atoms with Gasteiger partial charge in [-0.1, -0.05) is 12.1 Å². The smallest absolute Gasteiger partial charge is 0.0519 e. The normalized spacial score (nSPS) is 20.0. The van der Waals surface area contributed by atoms with E-state index in [2.05, 4.69) is 33.4 Å². The van der Waals surface area contributed by atoms with Crippen molar-refractivity contribution in [1.82, 2.24) is 0 Å². The summed E-state index contributed by atoms with van der Waals surface area (Å²) in [4.78, 5) is 0. The van der Waals surface area contributed by atoms with E-state index in [1.165, 1.54) is 11.3 Å². The molecule has 0 saturated carbocycles. The predicted molar refractivity (Wildman–Crippen MR) is 61.6 cm³/mol. The molecule has 1 aromatic carbocycles. The maximum absolute atomic E-state index is 8.88. The lowest BCUT2D eigenvalue weighted by molar-refractivity contribution is 0.276. The van der Waals surface area contributed by atoms with Crippen molar-refractivity contribution in [2.24, 2.45) is 0 Å². The number of halogens is 1. The molecule has 0 bridgehead atoms. The molecule has 1 aliphatic rings. The van der Waals surface area contributed by atoms with Gasteiger partial charge >= 0.3 is 0 Å². The minimum atomic E-state index is 0.261. The summed E-state index contributed by atoms with van der Waals surface area (Å²) in [5, 5.41) is 12.3. The fourth-order valence-electron chi connectivity index (χ4n) is 1.92. The first-order valence-corrected chi connectivity index (χ1v) is 5.75. The summed E-state index contributed by atoms with van der Waals surface area (Å²) in [7, 11) is 0. The van der Waals surface area contributed by atoms with Gasteiger partial charge in [0.25, 0.3) is 0 Å². The predicted octanol–water partition coefficient (Wildman–Crippen LogP) is 2.56. The Morgan fingerprint density at radius 1 is 1.50 bits per heavy atom. The topological polar surface area (TPSA) is 32.3 Å². The molecule has 0 spiro atoms. The standard InChI is InChI=1S/C11H14BrNO/c12-10-3-1-2-8-4-5-9(6-7-14)13-11(8)10/h1-3,9,13-14H,4-7H2. The first kappa shape index (κ1) is 9.99. The van der Waals surface area contributed by atoms with Crippen LogP contribution in [0.4, 0.5) is 5.69 Å². The van der Waals surface area contributed by atoms with Crippen molar-refractivity contribution in [2.75, 3.05) is 11.9 Å². The summed E-state index contributed by atoms with van der Waals surface area (Å²) in [5.74, 6) is 0. The third kappa shape index (κ3) is 1.93. The quantitative estimate of drug-likeness (QED) is 0.852. The lowest BCUT2D eigenvalue weighted by Gasteiger charge is -2.27. The Balaban J connectivity index is 2.20.